The number of benzene rings is 1. The van der Waals surface area contributed by atoms with E-state index in [1.807, 2.05) is 31.2 Å². The second-order valence-corrected chi connectivity index (χ2v) is 6.77. The number of carbonyl (C=O) groups is 1. The van der Waals surface area contributed by atoms with E-state index in [0.29, 0.717) is 0 Å². The van der Waals surface area contributed by atoms with Crippen LogP contribution in [0.1, 0.15) is 44.9 Å². The van der Waals surface area contributed by atoms with Crippen LogP contribution in [0.3, 0.4) is 0 Å². The number of aryl methyl sites for hydroxylation is 1. The number of amides is 1. The predicted molar refractivity (Wildman–Crippen MR) is 84.8 cm³/mol. The summed E-state index contributed by atoms with van der Waals surface area (Å²) in [5.41, 5.74) is 8.33. The lowest BCUT2D eigenvalue weighted by Gasteiger charge is -2.14. The Morgan fingerprint density at radius 2 is 1.60 bits per heavy atom. The highest BCUT2D eigenvalue weighted by Crippen LogP contribution is 2.62. The largest absolute Gasteiger partial charge is 0.351 e. The first-order valence-electron chi connectivity index (χ1n) is 6.80. The van der Waals surface area contributed by atoms with Crippen LogP contribution < -0.4 is 11.1 Å². The van der Waals surface area contributed by atoms with Crippen LogP contribution in [0.15, 0.2) is 24.3 Å². The van der Waals surface area contributed by atoms with Gasteiger partial charge in [-0.1, -0.05) is 57.5 Å². The molecule has 112 valence electrons. The molecule has 4 heteroatoms. The Hall–Kier alpha value is -1.06. The molecule has 0 spiro atoms. The molecule has 0 bridgehead atoms. The Bertz CT molecular complexity index is 480. The van der Waals surface area contributed by atoms with Crippen molar-refractivity contribution in [2.24, 2.45) is 16.6 Å². The van der Waals surface area contributed by atoms with E-state index in [4.69, 9.17) is 5.73 Å². The van der Waals surface area contributed by atoms with Crippen molar-refractivity contribution < 1.29 is 4.79 Å². The van der Waals surface area contributed by atoms with E-state index in [9.17, 15) is 4.79 Å². The highest BCUT2D eigenvalue weighted by Gasteiger charge is 2.65. The molecule has 3 nitrogen and oxygen atoms in total. The van der Waals surface area contributed by atoms with E-state index in [-0.39, 0.29) is 35.2 Å². The van der Waals surface area contributed by atoms with Gasteiger partial charge in [0.05, 0.1) is 0 Å². The summed E-state index contributed by atoms with van der Waals surface area (Å²) in [7, 11) is 0. The zero-order chi connectivity index (χ0) is 14.4. The van der Waals surface area contributed by atoms with Gasteiger partial charge in [0, 0.05) is 6.04 Å². The Kier molecular flexibility index (Phi) is 4.57. The lowest BCUT2D eigenvalue weighted by atomic mass is 10.0. The average Bonchev–Trinajstić information content (AvgIpc) is 2.71. The van der Waals surface area contributed by atoms with Crippen LogP contribution in [0, 0.1) is 17.8 Å². The van der Waals surface area contributed by atoms with Gasteiger partial charge in [-0.05, 0) is 23.3 Å². The van der Waals surface area contributed by atoms with Crippen molar-refractivity contribution in [3.05, 3.63) is 35.4 Å². The number of hydrogen-bond acceptors (Lipinski definition) is 2. The molecule has 1 saturated carbocycles. The Morgan fingerprint density at radius 1 is 1.15 bits per heavy atom. The second kappa shape index (κ2) is 5.38. The standard InChI is InChI=1S/C16H24N2O.ClH/c1-10-6-8-11(9-7-10)12(17)13(19)18-14-15(2,3)16(14,4)5;/h6-9,12,14H,17H2,1-5H3,(H,18,19);1H. The molecule has 1 fully saturated rings. The fraction of sp³-hybridized carbons (Fsp3) is 0.562. The van der Waals surface area contributed by atoms with Gasteiger partial charge >= 0.3 is 0 Å². The lowest BCUT2D eigenvalue weighted by molar-refractivity contribution is -0.122. The van der Waals surface area contributed by atoms with Crippen LogP contribution in [0.2, 0.25) is 0 Å². The summed E-state index contributed by atoms with van der Waals surface area (Å²) in [6.07, 6.45) is 0. The van der Waals surface area contributed by atoms with E-state index < -0.39 is 6.04 Å². The first-order chi connectivity index (χ1) is 8.68. The van der Waals surface area contributed by atoms with Gasteiger partial charge in [0.1, 0.15) is 6.04 Å². The summed E-state index contributed by atoms with van der Waals surface area (Å²) in [5.74, 6) is -0.0903. The maximum absolute atomic E-state index is 12.2. The summed E-state index contributed by atoms with van der Waals surface area (Å²) < 4.78 is 0. The predicted octanol–water partition coefficient (Wildman–Crippen LogP) is 2.97. The van der Waals surface area contributed by atoms with Crippen LogP contribution in [-0.2, 0) is 4.79 Å². The SMILES string of the molecule is Cc1ccc(C(N)C(=O)NC2C(C)(C)C2(C)C)cc1.Cl. The fourth-order valence-electron chi connectivity index (χ4n) is 2.71. The van der Waals surface area contributed by atoms with Crippen molar-refractivity contribution in [3.63, 3.8) is 0 Å². The Morgan fingerprint density at radius 3 is 2.00 bits per heavy atom. The first-order valence-corrected chi connectivity index (χ1v) is 6.80. The van der Waals surface area contributed by atoms with Gasteiger partial charge in [-0.25, -0.2) is 0 Å². The van der Waals surface area contributed by atoms with Crippen molar-refractivity contribution in [2.75, 3.05) is 0 Å². The molecule has 1 atom stereocenters. The summed E-state index contributed by atoms with van der Waals surface area (Å²) in [6, 6.07) is 7.41. The molecule has 1 aliphatic rings. The summed E-state index contributed by atoms with van der Waals surface area (Å²) >= 11 is 0. The third-order valence-corrected chi connectivity index (χ3v) is 5.03. The van der Waals surface area contributed by atoms with E-state index in [1.165, 1.54) is 5.56 Å². The normalized spacial score (nSPS) is 20.7. The van der Waals surface area contributed by atoms with Gasteiger partial charge in [-0.15, -0.1) is 12.4 Å². The van der Waals surface area contributed by atoms with Crippen molar-refractivity contribution in [2.45, 2.75) is 46.7 Å². The van der Waals surface area contributed by atoms with Gasteiger partial charge in [-0.2, -0.15) is 0 Å². The molecular weight excluding hydrogens is 272 g/mol. The number of halogens is 1. The van der Waals surface area contributed by atoms with E-state index in [0.717, 1.165) is 5.56 Å². The minimum absolute atomic E-state index is 0. The zero-order valence-corrected chi connectivity index (χ0v) is 13.7. The minimum atomic E-state index is -0.590. The maximum Gasteiger partial charge on any atom is 0.241 e. The molecule has 1 aromatic rings. The molecular formula is C16H25ClN2O. The van der Waals surface area contributed by atoms with Crippen molar-refractivity contribution >= 4 is 18.3 Å². The summed E-state index contributed by atoms with van der Waals surface area (Å²) in [5, 5.41) is 3.08. The third-order valence-electron chi connectivity index (χ3n) is 5.03. The monoisotopic (exact) mass is 296 g/mol. The van der Waals surface area contributed by atoms with Gasteiger partial charge < -0.3 is 11.1 Å². The van der Waals surface area contributed by atoms with Crippen LogP contribution in [0.5, 0.6) is 0 Å². The van der Waals surface area contributed by atoms with Crippen LogP contribution in [-0.4, -0.2) is 11.9 Å². The van der Waals surface area contributed by atoms with Gasteiger partial charge in [-0.3, -0.25) is 4.79 Å². The maximum atomic E-state index is 12.2. The highest BCUT2D eigenvalue weighted by molar-refractivity contribution is 5.85. The minimum Gasteiger partial charge on any atom is -0.351 e. The number of hydrogen-bond donors (Lipinski definition) is 2. The fourth-order valence-corrected chi connectivity index (χ4v) is 2.71. The molecule has 0 heterocycles. The average molecular weight is 297 g/mol. The Labute approximate surface area is 127 Å². The molecule has 1 aromatic carbocycles. The van der Waals surface area contributed by atoms with Crippen LogP contribution in [0.4, 0.5) is 0 Å². The molecule has 0 radical (unpaired) electrons. The molecule has 1 unspecified atom stereocenters. The van der Waals surface area contributed by atoms with Gasteiger partial charge in [0.2, 0.25) is 5.91 Å². The Balaban J connectivity index is 0.00000200. The zero-order valence-electron chi connectivity index (χ0n) is 12.9. The molecule has 0 aromatic heterocycles. The van der Waals surface area contributed by atoms with Crippen LogP contribution in [0.25, 0.3) is 0 Å². The highest BCUT2D eigenvalue weighted by atomic mass is 35.5. The number of nitrogens with one attached hydrogen (secondary N) is 1. The quantitative estimate of drug-likeness (QED) is 0.901. The summed E-state index contributed by atoms with van der Waals surface area (Å²) in [4.78, 5) is 12.2. The molecule has 1 amide bonds. The van der Waals surface area contributed by atoms with Gasteiger partial charge in [0.25, 0.3) is 0 Å². The van der Waals surface area contributed by atoms with Crippen molar-refractivity contribution in [3.8, 4) is 0 Å². The van der Waals surface area contributed by atoms with Crippen LogP contribution >= 0.6 is 12.4 Å². The van der Waals surface area contributed by atoms with Crippen molar-refractivity contribution in [1.29, 1.82) is 0 Å². The molecule has 3 N–H and O–H groups in total. The number of carbonyl (C=O) groups excluding carboxylic acids is 1. The topological polar surface area (TPSA) is 55.1 Å². The smallest absolute Gasteiger partial charge is 0.241 e. The molecule has 0 aliphatic heterocycles. The molecule has 20 heavy (non-hydrogen) atoms. The van der Waals surface area contributed by atoms with Gasteiger partial charge in [0.15, 0.2) is 0 Å². The van der Waals surface area contributed by atoms with E-state index in [2.05, 4.69) is 33.0 Å². The molecule has 2 rings (SSSR count). The molecule has 0 saturated heterocycles. The molecule has 1 aliphatic carbocycles. The third kappa shape index (κ3) is 2.70. The van der Waals surface area contributed by atoms with E-state index >= 15 is 0 Å². The summed E-state index contributed by atoms with van der Waals surface area (Å²) in [6.45, 7) is 10.7. The van der Waals surface area contributed by atoms with E-state index in [1.54, 1.807) is 0 Å². The number of rotatable bonds is 3. The number of nitrogens with two attached hydrogens (primary N) is 1. The first kappa shape index (κ1) is 17.0. The lowest BCUT2D eigenvalue weighted by Crippen LogP contribution is -2.37. The second-order valence-electron chi connectivity index (χ2n) is 6.77. The van der Waals surface area contributed by atoms with Crippen molar-refractivity contribution in [1.82, 2.24) is 5.32 Å².